The summed E-state index contributed by atoms with van der Waals surface area (Å²) in [6, 6.07) is 4.07. The topological polar surface area (TPSA) is 30.0 Å². The summed E-state index contributed by atoms with van der Waals surface area (Å²) in [5.41, 5.74) is 1.99. The van der Waals surface area contributed by atoms with E-state index in [0.717, 1.165) is 10.9 Å². The summed E-state index contributed by atoms with van der Waals surface area (Å²) >= 11 is 6.94. The molecule has 0 aliphatic heterocycles. The number of thiazole rings is 1. The number of carbonyl (C=O) groups excluding carboxylic acids is 1. The molecule has 1 aromatic carbocycles. The molecule has 0 bridgehead atoms. The van der Waals surface area contributed by atoms with Gasteiger partial charge in [0.05, 0.1) is 10.5 Å². The SMILES string of the molecule is O=C(Cc1cncs1)c1ccc(Cl)c(F)c1. The molecule has 0 unspecified atom stereocenters. The highest BCUT2D eigenvalue weighted by atomic mass is 35.5. The molecule has 0 saturated heterocycles. The van der Waals surface area contributed by atoms with Gasteiger partial charge in [0.15, 0.2) is 5.78 Å². The number of aromatic nitrogens is 1. The molecule has 0 amide bonds. The Hall–Kier alpha value is -1.26. The van der Waals surface area contributed by atoms with E-state index in [1.807, 2.05) is 0 Å². The van der Waals surface area contributed by atoms with E-state index in [0.29, 0.717) is 5.56 Å². The molecule has 2 rings (SSSR count). The maximum Gasteiger partial charge on any atom is 0.168 e. The van der Waals surface area contributed by atoms with Crippen LogP contribution in [0.15, 0.2) is 29.9 Å². The van der Waals surface area contributed by atoms with E-state index in [9.17, 15) is 9.18 Å². The summed E-state index contributed by atoms with van der Waals surface area (Å²) in [6.07, 6.45) is 1.88. The highest BCUT2D eigenvalue weighted by Crippen LogP contribution is 2.17. The van der Waals surface area contributed by atoms with E-state index < -0.39 is 5.82 Å². The Kier molecular flexibility index (Phi) is 3.31. The normalized spacial score (nSPS) is 10.4. The van der Waals surface area contributed by atoms with E-state index in [1.165, 1.54) is 23.5 Å². The summed E-state index contributed by atoms with van der Waals surface area (Å²) in [5, 5.41) is 0.0225. The second-order valence-electron chi connectivity index (χ2n) is 3.20. The quantitative estimate of drug-likeness (QED) is 0.787. The average Bonchev–Trinajstić information content (AvgIpc) is 2.74. The number of benzene rings is 1. The van der Waals surface area contributed by atoms with Crippen LogP contribution in [0.3, 0.4) is 0 Å². The van der Waals surface area contributed by atoms with Gasteiger partial charge in [-0.25, -0.2) is 4.39 Å². The van der Waals surface area contributed by atoms with Gasteiger partial charge in [0, 0.05) is 23.1 Å². The molecule has 2 nitrogen and oxygen atoms in total. The Balaban J connectivity index is 2.18. The zero-order chi connectivity index (χ0) is 11.5. The average molecular weight is 256 g/mol. The second-order valence-corrected chi connectivity index (χ2v) is 4.57. The largest absolute Gasteiger partial charge is 0.294 e. The van der Waals surface area contributed by atoms with Crippen LogP contribution in [0.25, 0.3) is 0 Å². The number of rotatable bonds is 3. The molecule has 5 heteroatoms. The predicted molar refractivity (Wildman–Crippen MR) is 61.6 cm³/mol. The van der Waals surface area contributed by atoms with Gasteiger partial charge in [0.25, 0.3) is 0 Å². The van der Waals surface area contributed by atoms with Crippen molar-refractivity contribution in [2.24, 2.45) is 0 Å². The minimum absolute atomic E-state index is 0.0225. The van der Waals surface area contributed by atoms with Crippen molar-refractivity contribution in [3.8, 4) is 0 Å². The van der Waals surface area contributed by atoms with Crippen LogP contribution >= 0.6 is 22.9 Å². The van der Waals surface area contributed by atoms with Gasteiger partial charge in [-0.1, -0.05) is 11.6 Å². The smallest absolute Gasteiger partial charge is 0.168 e. The van der Waals surface area contributed by atoms with Gasteiger partial charge in [-0.05, 0) is 18.2 Å². The standard InChI is InChI=1S/C11H7ClFNOS/c12-9-2-1-7(3-10(9)13)11(15)4-8-5-14-6-16-8/h1-3,5-6H,4H2. The Labute approximate surface area is 101 Å². The van der Waals surface area contributed by atoms with Crippen molar-refractivity contribution in [1.29, 1.82) is 0 Å². The van der Waals surface area contributed by atoms with Crippen LogP contribution in [0, 0.1) is 5.82 Å². The van der Waals surface area contributed by atoms with Crippen molar-refractivity contribution >= 4 is 28.7 Å². The fraction of sp³-hybridized carbons (Fsp3) is 0.0909. The molecule has 0 spiro atoms. The Bertz CT molecular complexity index is 513. The van der Waals surface area contributed by atoms with Crippen molar-refractivity contribution < 1.29 is 9.18 Å². The van der Waals surface area contributed by atoms with Gasteiger partial charge in [0.1, 0.15) is 5.82 Å². The number of Topliss-reactive ketones (excluding diaryl/α,β-unsaturated/α-hetero) is 1. The van der Waals surface area contributed by atoms with Crippen molar-refractivity contribution in [3.63, 3.8) is 0 Å². The monoisotopic (exact) mass is 255 g/mol. The first-order valence-corrected chi connectivity index (χ1v) is 5.78. The maximum atomic E-state index is 13.1. The van der Waals surface area contributed by atoms with Crippen molar-refractivity contribution in [3.05, 3.63) is 51.2 Å². The lowest BCUT2D eigenvalue weighted by molar-refractivity contribution is 0.0993. The lowest BCUT2D eigenvalue weighted by Crippen LogP contribution is -2.02. The molecule has 0 N–H and O–H groups in total. The fourth-order valence-corrected chi connectivity index (χ4v) is 1.97. The number of nitrogens with zero attached hydrogens (tertiary/aromatic N) is 1. The van der Waals surface area contributed by atoms with Crippen LogP contribution in [-0.2, 0) is 6.42 Å². The van der Waals surface area contributed by atoms with Crippen LogP contribution in [0.2, 0.25) is 5.02 Å². The highest BCUT2D eigenvalue weighted by Gasteiger charge is 2.10. The second kappa shape index (κ2) is 4.72. The van der Waals surface area contributed by atoms with Gasteiger partial charge >= 0.3 is 0 Å². The molecule has 1 heterocycles. The number of hydrogen-bond acceptors (Lipinski definition) is 3. The Morgan fingerprint density at radius 2 is 2.31 bits per heavy atom. The molecule has 82 valence electrons. The third-order valence-electron chi connectivity index (χ3n) is 2.06. The van der Waals surface area contributed by atoms with Crippen LogP contribution in [-0.4, -0.2) is 10.8 Å². The van der Waals surface area contributed by atoms with Crippen LogP contribution in [0.5, 0.6) is 0 Å². The number of carbonyl (C=O) groups is 1. The third kappa shape index (κ3) is 2.46. The molecule has 0 radical (unpaired) electrons. The van der Waals surface area contributed by atoms with Gasteiger partial charge in [-0.3, -0.25) is 9.78 Å². The molecular formula is C11H7ClFNOS. The van der Waals surface area contributed by atoms with Crippen molar-refractivity contribution in [1.82, 2.24) is 4.98 Å². The van der Waals surface area contributed by atoms with Crippen LogP contribution < -0.4 is 0 Å². The zero-order valence-corrected chi connectivity index (χ0v) is 9.69. The molecular weight excluding hydrogens is 249 g/mol. The maximum absolute atomic E-state index is 13.1. The molecule has 16 heavy (non-hydrogen) atoms. The van der Waals surface area contributed by atoms with E-state index in [1.54, 1.807) is 11.7 Å². The number of hydrogen-bond donors (Lipinski definition) is 0. The first kappa shape index (κ1) is 11.2. The Morgan fingerprint density at radius 3 is 2.94 bits per heavy atom. The molecule has 1 aromatic heterocycles. The third-order valence-corrected chi connectivity index (χ3v) is 3.15. The molecule has 0 aliphatic carbocycles. The van der Waals surface area contributed by atoms with E-state index >= 15 is 0 Å². The first-order chi connectivity index (χ1) is 7.66. The molecule has 2 aromatic rings. The lowest BCUT2D eigenvalue weighted by atomic mass is 10.1. The van der Waals surface area contributed by atoms with Gasteiger partial charge in [0.2, 0.25) is 0 Å². The van der Waals surface area contributed by atoms with Crippen LogP contribution in [0.1, 0.15) is 15.2 Å². The zero-order valence-electron chi connectivity index (χ0n) is 8.11. The summed E-state index contributed by atoms with van der Waals surface area (Å²) in [6.45, 7) is 0. The summed E-state index contributed by atoms with van der Waals surface area (Å²) in [7, 11) is 0. The van der Waals surface area contributed by atoms with Gasteiger partial charge < -0.3 is 0 Å². The van der Waals surface area contributed by atoms with Crippen molar-refractivity contribution in [2.75, 3.05) is 0 Å². The Morgan fingerprint density at radius 1 is 1.50 bits per heavy atom. The van der Waals surface area contributed by atoms with E-state index in [-0.39, 0.29) is 17.2 Å². The van der Waals surface area contributed by atoms with Crippen LogP contribution in [0.4, 0.5) is 4.39 Å². The molecule has 0 aliphatic rings. The summed E-state index contributed by atoms with van der Waals surface area (Å²) < 4.78 is 13.1. The number of halogens is 2. The molecule has 0 saturated carbocycles. The van der Waals surface area contributed by atoms with Gasteiger partial charge in [-0.2, -0.15) is 0 Å². The lowest BCUT2D eigenvalue weighted by Gasteiger charge is -2.00. The summed E-state index contributed by atoms with van der Waals surface area (Å²) in [5.74, 6) is -0.711. The minimum atomic E-state index is -0.572. The molecule has 0 fully saturated rings. The minimum Gasteiger partial charge on any atom is -0.294 e. The van der Waals surface area contributed by atoms with E-state index in [4.69, 9.17) is 11.6 Å². The fourth-order valence-electron chi connectivity index (χ4n) is 1.26. The molecule has 0 atom stereocenters. The van der Waals surface area contributed by atoms with Crippen molar-refractivity contribution in [2.45, 2.75) is 6.42 Å². The van der Waals surface area contributed by atoms with Gasteiger partial charge in [-0.15, -0.1) is 11.3 Å². The predicted octanol–water partition coefficient (Wildman–Crippen LogP) is 3.36. The number of ketones is 1. The summed E-state index contributed by atoms with van der Waals surface area (Å²) in [4.78, 5) is 16.5. The van der Waals surface area contributed by atoms with E-state index in [2.05, 4.69) is 4.98 Å². The first-order valence-electron chi connectivity index (χ1n) is 4.52. The highest BCUT2D eigenvalue weighted by molar-refractivity contribution is 7.09.